The monoisotopic (exact) mass is 415 g/mol. The number of nitrogens with one attached hydrogen (secondary N) is 1. The smallest absolute Gasteiger partial charge is 0.282 e. The maximum atomic E-state index is 13.7. The minimum atomic E-state index is -2.78. The number of aromatic nitrogens is 4. The zero-order valence-electron chi connectivity index (χ0n) is 15.9. The van der Waals surface area contributed by atoms with Crippen LogP contribution in [0.15, 0.2) is 41.6 Å². The first kappa shape index (κ1) is 19.9. The number of halogens is 2. The van der Waals surface area contributed by atoms with E-state index >= 15 is 0 Å². The van der Waals surface area contributed by atoms with Crippen LogP contribution in [-0.4, -0.2) is 31.9 Å². The second-order valence-corrected chi connectivity index (χ2v) is 7.17. The van der Waals surface area contributed by atoms with Gasteiger partial charge >= 0.3 is 0 Å². The van der Waals surface area contributed by atoms with Crippen LogP contribution in [0.5, 0.6) is 0 Å². The first-order chi connectivity index (χ1) is 14.5. The molecule has 3 aromatic heterocycles. The van der Waals surface area contributed by atoms with Crippen LogP contribution in [0.3, 0.4) is 0 Å². The summed E-state index contributed by atoms with van der Waals surface area (Å²) in [5, 5.41) is 6.76. The molecule has 0 aliphatic heterocycles. The fourth-order valence-corrected chi connectivity index (χ4v) is 3.63. The Bertz CT molecular complexity index is 1030. The Morgan fingerprint density at radius 1 is 1.27 bits per heavy atom. The molecule has 1 N–H and O–H groups in total. The molecule has 0 atom stereocenters. The van der Waals surface area contributed by atoms with Gasteiger partial charge in [-0.25, -0.2) is 13.8 Å². The number of amides is 1. The molecular formula is C20H19F2N5O3. The lowest BCUT2D eigenvalue weighted by molar-refractivity contribution is -0.112. The number of hydrogen-bond donors (Lipinski definition) is 1. The van der Waals surface area contributed by atoms with Crippen LogP contribution in [0.1, 0.15) is 54.3 Å². The number of pyridine rings is 1. The van der Waals surface area contributed by atoms with Gasteiger partial charge in [-0.1, -0.05) is 0 Å². The van der Waals surface area contributed by atoms with Crippen LogP contribution < -0.4 is 5.32 Å². The molecule has 1 fully saturated rings. The molecule has 3 aromatic rings. The van der Waals surface area contributed by atoms with Crippen LogP contribution in [0.2, 0.25) is 0 Å². The van der Waals surface area contributed by atoms with Crippen molar-refractivity contribution in [3.63, 3.8) is 0 Å². The molecule has 10 heteroatoms. The normalized spacial score (nSPS) is 19.0. The Hall–Kier alpha value is -3.43. The van der Waals surface area contributed by atoms with E-state index in [2.05, 4.69) is 20.4 Å². The molecule has 156 valence electrons. The van der Waals surface area contributed by atoms with E-state index in [1.807, 2.05) is 0 Å². The van der Waals surface area contributed by atoms with Crippen molar-refractivity contribution < 1.29 is 22.8 Å². The summed E-state index contributed by atoms with van der Waals surface area (Å²) < 4.78 is 33.7. The molecule has 0 radical (unpaired) electrons. The van der Waals surface area contributed by atoms with Gasteiger partial charge in [-0.15, -0.1) is 0 Å². The summed E-state index contributed by atoms with van der Waals surface area (Å²) in [7, 11) is 0. The zero-order valence-corrected chi connectivity index (χ0v) is 15.9. The summed E-state index contributed by atoms with van der Waals surface area (Å²) in [6.07, 6.45) is 6.36. The van der Waals surface area contributed by atoms with Crippen molar-refractivity contribution >= 4 is 17.9 Å². The van der Waals surface area contributed by atoms with Crippen LogP contribution in [-0.2, 0) is 4.79 Å². The highest BCUT2D eigenvalue weighted by Gasteiger charge is 2.27. The fraction of sp³-hybridized carbons (Fsp3) is 0.350. The first-order valence-corrected chi connectivity index (χ1v) is 9.53. The van der Waals surface area contributed by atoms with Gasteiger partial charge in [-0.3, -0.25) is 14.5 Å². The molecular weight excluding hydrogens is 396 g/mol. The lowest BCUT2D eigenvalue weighted by Gasteiger charge is -2.25. The van der Waals surface area contributed by atoms with Crippen molar-refractivity contribution in [2.45, 2.75) is 38.2 Å². The first-order valence-electron chi connectivity index (χ1n) is 9.53. The van der Waals surface area contributed by atoms with Gasteiger partial charge in [0.05, 0.1) is 11.7 Å². The van der Waals surface area contributed by atoms with Gasteiger partial charge < -0.3 is 14.5 Å². The van der Waals surface area contributed by atoms with Crippen LogP contribution in [0.4, 0.5) is 14.5 Å². The fourth-order valence-electron chi connectivity index (χ4n) is 3.63. The van der Waals surface area contributed by atoms with Gasteiger partial charge in [0.25, 0.3) is 12.3 Å². The topological polar surface area (TPSA) is 103 Å². The molecule has 0 saturated heterocycles. The van der Waals surface area contributed by atoms with Crippen molar-refractivity contribution in [2.75, 3.05) is 5.32 Å². The van der Waals surface area contributed by atoms with E-state index in [1.165, 1.54) is 18.5 Å². The highest BCUT2D eigenvalue weighted by atomic mass is 19.3. The number of carbonyl (C=O) groups is 2. The van der Waals surface area contributed by atoms with Crippen molar-refractivity contribution in [3.8, 4) is 11.3 Å². The van der Waals surface area contributed by atoms with Crippen molar-refractivity contribution in [2.24, 2.45) is 5.92 Å². The van der Waals surface area contributed by atoms with Gasteiger partial charge in [0.1, 0.15) is 18.2 Å². The summed E-state index contributed by atoms with van der Waals surface area (Å²) in [6.45, 7) is 0. The highest BCUT2D eigenvalue weighted by molar-refractivity contribution is 6.02. The highest BCUT2D eigenvalue weighted by Crippen LogP contribution is 2.35. The number of rotatable bonds is 6. The zero-order chi connectivity index (χ0) is 21.1. The summed E-state index contributed by atoms with van der Waals surface area (Å²) in [5.41, 5.74) is 0.601. The number of anilines is 1. The third-order valence-electron chi connectivity index (χ3n) is 5.23. The Morgan fingerprint density at radius 2 is 2.07 bits per heavy atom. The Morgan fingerprint density at radius 3 is 2.73 bits per heavy atom. The predicted molar refractivity (Wildman–Crippen MR) is 102 cm³/mol. The minimum Gasteiger partial charge on any atom is -0.451 e. The van der Waals surface area contributed by atoms with Crippen molar-refractivity contribution in [1.82, 2.24) is 19.7 Å². The summed E-state index contributed by atoms with van der Waals surface area (Å²) in [6, 6.07) is 3.02. The van der Waals surface area contributed by atoms with Crippen LogP contribution >= 0.6 is 0 Å². The van der Waals surface area contributed by atoms with Gasteiger partial charge in [0, 0.05) is 29.6 Å². The number of alkyl halides is 2. The number of oxazole rings is 1. The Labute approximate surface area is 170 Å². The number of aldehydes is 1. The molecule has 1 aliphatic carbocycles. The third-order valence-corrected chi connectivity index (χ3v) is 5.23. The van der Waals surface area contributed by atoms with E-state index in [0.717, 1.165) is 25.5 Å². The average molecular weight is 415 g/mol. The second-order valence-electron chi connectivity index (χ2n) is 7.17. The lowest BCUT2D eigenvalue weighted by Crippen LogP contribution is -2.19. The molecule has 8 nitrogen and oxygen atoms in total. The quantitative estimate of drug-likeness (QED) is 0.609. The van der Waals surface area contributed by atoms with Crippen molar-refractivity contribution in [1.29, 1.82) is 0 Å². The van der Waals surface area contributed by atoms with Gasteiger partial charge in [0.15, 0.2) is 12.1 Å². The van der Waals surface area contributed by atoms with Crippen molar-refractivity contribution in [3.05, 3.63) is 48.6 Å². The number of carbonyl (C=O) groups excluding carboxylic acids is 2. The van der Waals surface area contributed by atoms with E-state index in [9.17, 15) is 18.4 Å². The Kier molecular flexibility index (Phi) is 5.64. The third kappa shape index (κ3) is 4.12. The molecule has 1 aliphatic rings. The molecule has 3 heterocycles. The van der Waals surface area contributed by atoms with E-state index in [1.54, 1.807) is 16.9 Å². The maximum Gasteiger partial charge on any atom is 0.282 e. The molecule has 0 bridgehead atoms. The Balaban J connectivity index is 1.59. The average Bonchev–Trinajstić information content (AvgIpc) is 3.44. The molecule has 0 spiro atoms. The molecule has 1 saturated carbocycles. The predicted octanol–water partition coefficient (Wildman–Crippen LogP) is 4.05. The lowest BCUT2D eigenvalue weighted by atomic mass is 9.87. The summed E-state index contributed by atoms with van der Waals surface area (Å²) in [4.78, 5) is 31.1. The van der Waals surface area contributed by atoms with Crippen LogP contribution in [0.25, 0.3) is 11.3 Å². The molecule has 0 unspecified atom stereocenters. The largest absolute Gasteiger partial charge is 0.451 e. The van der Waals surface area contributed by atoms with E-state index in [0.29, 0.717) is 18.5 Å². The second kappa shape index (κ2) is 8.52. The van der Waals surface area contributed by atoms with Gasteiger partial charge in [-0.2, -0.15) is 5.10 Å². The number of hydrogen-bond acceptors (Lipinski definition) is 6. The van der Waals surface area contributed by atoms with Gasteiger partial charge in [0.2, 0.25) is 0 Å². The SMILES string of the molecule is O=CC1CCC(n2cc(-c3cc(NC(=O)c4cocn4)ccn3)c(C(F)F)n2)CC1. The van der Waals surface area contributed by atoms with E-state index < -0.39 is 12.3 Å². The summed E-state index contributed by atoms with van der Waals surface area (Å²) >= 11 is 0. The van der Waals surface area contributed by atoms with Crippen LogP contribution in [0, 0.1) is 5.92 Å². The maximum absolute atomic E-state index is 13.7. The molecule has 0 aromatic carbocycles. The number of nitrogens with zero attached hydrogens (tertiary/aromatic N) is 4. The minimum absolute atomic E-state index is 0.0255. The van der Waals surface area contributed by atoms with Gasteiger partial charge in [-0.05, 0) is 37.8 Å². The molecule has 30 heavy (non-hydrogen) atoms. The standard InChI is InChI=1S/C20H19F2N5O3/c21-19(22)18-15(8-27(26-18)14-3-1-12(9-28)2-4-14)16-7-13(5-6-23-16)25-20(29)17-10-30-11-24-17/h5-12,14,19H,1-4H2,(H,23,25,29). The van der Waals surface area contributed by atoms with E-state index in [-0.39, 0.29) is 34.6 Å². The van der Waals surface area contributed by atoms with E-state index in [4.69, 9.17) is 4.42 Å². The molecule has 4 rings (SSSR count). The summed E-state index contributed by atoms with van der Waals surface area (Å²) in [5.74, 6) is -0.463. The molecule has 1 amide bonds.